The van der Waals surface area contributed by atoms with Crippen LogP contribution in [0.15, 0.2) is 40.9 Å². The molecule has 1 heterocycles. The van der Waals surface area contributed by atoms with Gasteiger partial charge in [0.1, 0.15) is 0 Å². The molecule has 1 atom stereocenters. The third-order valence-electron chi connectivity index (χ3n) is 3.64. The molecule has 0 saturated carbocycles. The number of hydrogen-bond donors (Lipinski definition) is 1. The first-order valence-corrected chi connectivity index (χ1v) is 7.40. The predicted molar refractivity (Wildman–Crippen MR) is 83.3 cm³/mol. The average molecular weight is 302 g/mol. The fraction of sp³-hybridized carbons (Fsp3) is 0.412. The molecule has 0 spiro atoms. The summed E-state index contributed by atoms with van der Waals surface area (Å²) < 4.78 is 5.07. The highest BCUT2D eigenvalue weighted by molar-refractivity contribution is 5.91. The van der Waals surface area contributed by atoms with Crippen molar-refractivity contribution >= 4 is 5.91 Å². The molecule has 1 aromatic carbocycles. The summed E-state index contributed by atoms with van der Waals surface area (Å²) >= 11 is 0. The van der Waals surface area contributed by atoms with Crippen LogP contribution < -0.4 is 0 Å². The Hall–Kier alpha value is -2.14. The number of rotatable bonds is 6. The molecule has 0 fully saturated rings. The molecule has 1 amide bonds. The van der Waals surface area contributed by atoms with E-state index >= 15 is 0 Å². The first-order chi connectivity index (χ1) is 10.4. The van der Waals surface area contributed by atoms with Crippen LogP contribution in [0.2, 0.25) is 0 Å². The second kappa shape index (κ2) is 6.75. The molecule has 0 aliphatic carbocycles. The van der Waals surface area contributed by atoms with Crippen LogP contribution in [0.1, 0.15) is 42.1 Å². The molecule has 0 radical (unpaired) electrons. The van der Waals surface area contributed by atoms with Gasteiger partial charge in [0.05, 0.1) is 11.3 Å². The molecule has 1 aromatic heterocycles. The quantitative estimate of drug-likeness (QED) is 0.891. The molecule has 2 aromatic rings. The minimum atomic E-state index is -0.945. The third kappa shape index (κ3) is 4.18. The van der Waals surface area contributed by atoms with E-state index in [2.05, 4.69) is 5.16 Å². The zero-order chi connectivity index (χ0) is 16.2. The van der Waals surface area contributed by atoms with Crippen LogP contribution in [0.3, 0.4) is 0 Å². The van der Waals surface area contributed by atoms with Crippen LogP contribution in [0.5, 0.6) is 0 Å². The molecule has 5 nitrogen and oxygen atoms in total. The number of benzene rings is 1. The first kappa shape index (κ1) is 16.2. The van der Waals surface area contributed by atoms with E-state index in [0.717, 1.165) is 5.56 Å². The summed E-state index contributed by atoms with van der Waals surface area (Å²) in [5.41, 5.74) is 0.712. The van der Waals surface area contributed by atoms with Gasteiger partial charge in [0, 0.05) is 19.2 Å². The van der Waals surface area contributed by atoms with E-state index in [4.69, 9.17) is 4.52 Å². The van der Waals surface area contributed by atoms with E-state index < -0.39 is 5.60 Å². The zero-order valence-electron chi connectivity index (χ0n) is 13.2. The van der Waals surface area contributed by atoms with E-state index in [1.54, 1.807) is 24.8 Å². The molecule has 118 valence electrons. The van der Waals surface area contributed by atoms with Gasteiger partial charge >= 0.3 is 0 Å². The average Bonchev–Trinajstić information content (AvgIpc) is 2.93. The number of aryl methyl sites for hydroxylation is 1. The molecule has 0 aliphatic rings. The van der Waals surface area contributed by atoms with E-state index in [9.17, 15) is 9.90 Å². The SMILES string of the molecule is CC[C@@](C)(O)CN(Cc1ccccc1)C(=O)c1cc(C)no1. The van der Waals surface area contributed by atoms with Gasteiger partial charge in [-0.1, -0.05) is 42.4 Å². The van der Waals surface area contributed by atoms with Gasteiger partial charge in [0.2, 0.25) is 5.76 Å². The largest absolute Gasteiger partial charge is 0.388 e. The number of amides is 1. The number of aliphatic hydroxyl groups is 1. The monoisotopic (exact) mass is 302 g/mol. The zero-order valence-corrected chi connectivity index (χ0v) is 13.2. The molecule has 0 bridgehead atoms. The fourth-order valence-corrected chi connectivity index (χ4v) is 2.15. The molecule has 0 unspecified atom stereocenters. The summed E-state index contributed by atoms with van der Waals surface area (Å²) in [5, 5.41) is 14.1. The van der Waals surface area contributed by atoms with Crippen molar-refractivity contribution in [3.8, 4) is 0 Å². The minimum Gasteiger partial charge on any atom is -0.388 e. The van der Waals surface area contributed by atoms with Gasteiger partial charge in [-0.3, -0.25) is 4.79 Å². The van der Waals surface area contributed by atoms with Crippen LogP contribution in [-0.4, -0.2) is 33.2 Å². The normalized spacial score (nSPS) is 13.6. The van der Waals surface area contributed by atoms with Crippen LogP contribution >= 0.6 is 0 Å². The lowest BCUT2D eigenvalue weighted by molar-refractivity contribution is 0.0119. The molecule has 1 N–H and O–H groups in total. The van der Waals surface area contributed by atoms with E-state index in [0.29, 0.717) is 18.7 Å². The van der Waals surface area contributed by atoms with Crippen LogP contribution in [0.25, 0.3) is 0 Å². The summed E-state index contributed by atoms with van der Waals surface area (Å²) in [6.07, 6.45) is 0.557. The first-order valence-electron chi connectivity index (χ1n) is 7.40. The Labute approximate surface area is 130 Å². The Balaban J connectivity index is 2.22. The number of carbonyl (C=O) groups excluding carboxylic acids is 1. The second-order valence-electron chi connectivity index (χ2n) is 5.83. The predicted octanol–water partition coefficient (Wildman–Crippen LogP) is 2.79. The molecule has 5 heteroatoms. The van der Waals surface area contributed by atoms with Crippen molar-refractivity contribution in [1.82, 2.24) is 10.1 Å². The van der Waals surface area contributed by atoms with Gasteiger partial charge in [-0.2, -0.15) is 0 Å². The smallest absolute Gasteiger partial charge is 0.292 e. The third-order valence-corrected chi connectivity index (χ3v) is 3.64. The van der Waals surface area contributed by atoms with Gasteiger partial charge in [0.25, 0.3) is 5.91 Å². The Morgan fingerprint density at radius 1 is 1.36 bits per heavy atom. The van der Waals surface area contributed by atoms with E-state index in [1.165, 1.54) is 0 Å². The van der Waals surface area contributed by atoms with Gasteiger partial charge in [0.15, 0.2) is 0 Å². The lowest BCUT2D eigenvalue weighted by Gasteiger charge is -2.30. The van der Waals surface area contributed by atoms with Crippen LogP contribution in [0, 0.1) is 6.92 Å². The lowest BCUT2D eigenvalue weighted by atomic mass is 10.0. The Morgan fingerprint density at radius 3 is 2.59 bits per heavy atom. The van der Waals surface area contributed by atoms with Crippen LogP contribution in [0.4, 0.5) is 0 Å². The fourth-order valence-electron chi connectivity index (χ4n) is 2.15. The Bertz CT molecular complexity index is 620. The maximum Gasteiger partial charge on any atom is 0.292 e. The van der Waals surface area contributed by atoms with Crippen molar-refractivity contribution in [2.24, 2.45) is 0 Å². The van der Waals surface area contributed by atoms with Crippen molar-refractivity contribution in [2.75, 3.05) is 6.54 Å². The minimum absolute atomic E-state index is 0.195. The standard InChI is InChI=1S/C17H22N2O3/c1-4-17(3,21)12-19(11-14-8-6-5-7-9-14)16(20)15-10-13(2)18-22-15/h5-10,21H,4,11-12H2,1-3H3/t17-/m1/s1. The number of hydrogen-bond acceptors (Lipinski definition) is 4. The van der Waals surface area contributed by atoms with Crippen molar-refractivity contribution in [3.05, 3.63) is 53.4 Å². The number of carbonyl (C=O) groups is 1. The highest BCUT2D eigenvalue weighted by Gasteiger charge is 2.28. The van der Waals surface area contributed by atoms with Crippen molar-refractivity contribution in [1.29, 1.82) is 0 Å². The molecule has 0 aliphatic heterocycles. The van der Waals surface area contributed by atoms with Gasteiger partial charge < -0.3 is 14.5 Å². The van der Waals surface area contributed by atoms with Crippen molar-refractivity contribution in [2.45, 2.75) is 39.3 Å². The molecule has 2 rings (SSSR count). The second-order valence-corrected chi connectivity index (χ2v) is 5.83. The highest BCUT2D eigenvalue weighted by Crippen LogP contribution is 2.17. The van der Waals surface area contributed by atoms with Gasteiger partial charge in [-0.25, -0.2) is 0 Å². The summed E-state index contributed by atoms with van der Waals surface area (Å²) in [4.78, 5) is 14.2. The highest BCUT2D eigenvalue weighted by atomic mass is 16.5. The molecule has 0 saturated heterocycles. The summed E-state index contributed by atoms with van der Waals surface area (Å²) in [6.45, 7) is 6.03. The topological polar surface area (TPSA) is 66.6 Å². The Morgan fingerprint density at radius 2 is 2.05 bits per heavy atom. The van der Waals surface area contributed by atoms with Gasteiger partial charge in [-0.15, -0.1) is 0 Å². The summed E-state index contributed by atoms with van der Waals surface area (Å²) in [7, 11) is 0. The Kier molecular flexibility index (Phi) is 4.98. The van der Waals surface area contributed by atoms with Crippen molar-refractivity contribution < 1.29 is 14.4 Å². The number of aromatic nitrogens is 1. The maximum absolute atomic E-state index is 12.6. The maximum atomic E-state index is 12.6. The molecular formula is C17H22N2O3. The van der Waals surface area contributed by atoms with Crippen molar-refractivity contribution in [3.63, 3.8) is 0 Å². The molecular weight excluding hydrogens is 280 g/mol. The number of nitrogens with zero attached hydrogens (tertiary/aromatic N) is 2. The summed E-state index contributed by atoms with van der Waals surface area (Å²) in [5.74, 6) is -0.0708. The molecule has 22 heavy (non-hydrogen) atoms. The summed E-state index contributed by atoms with van der Waals surface area (Å²) in [6, 6.07) is 11.3. The van der Waals surface area contributed by atoms with Crippen LogP contribution in [-0.2, 0) is 6.54 Å². The van der Waals surface area contributed by atoms with Gasteiger partial charge in [-0.05, 0) is 25.8 Å². The van der Waals surface area contributed by atoms with E-state index in [1.807, 2.05) is 37.3 Å². The van der Waals surface area contributed by atoms with E-state index in [-0.39, 0.29) is 18.2 Å². The lowest BCUT2D eigenvalue weighted by Crippen LogP contribution is -2.43.